The fourth-order valence-corrected chi connectivity index (χ4v) is 4.92. The van der Waals surface area contributed by atoms with Gasteiger partial charge in [-0.15, -0.1) is 0 Å². The molecule has 5 nitrogen and oxygen atoms in total. The third kappa shape index (κ3) is 5.22. The van der Waals surface area contributed by atoms with Crippen molar-refractivity contribution >= 4 is 5.97 Å². The first-order valence-electron chi connectivity index (χ1n) is 11.1. The molecule has 1 aliphatic carbocycles. The number of esters is 1. The minimum absolute atomic E-state index is 0.151. The number of carbonyl (C=O) groups excluding carboxylic acids is 1. The number of cyclic esters (lactones) is 1. The summed E-state index contributed by atoms with van der Waals surface area (Å²) in [5.74, 6) is 2.41. The van der Waals surface area contributed by atoms with E-state index in [0.29, 0.717) is 12.3 Å². The standard InChI is InChI=1S/C26H30O5/c1-29-22-11-13-23(14-12-22)30-24-10-4-6-19(16-24)7-5-15-26(20-8-2-3-9-20)18-21(27)17-25(28)31-26/h4,6,10-14,16-17,20,27H,2-3,5,7-9,15,18H2,1H3. The van der Waals surface area contributed by atoms with E-state index in [1.165, 1.54) is 24.5 Å². The second kappa shape index (κ2) is 9.46. The van der Waals surface area contributed by atoms with Crippen LogP contribution in [0.15, 0.2) is 60.4 Å². The minimum atomic E-state index is -0.566. The van der Waals surface area contributed by atoms with Crippen LogP contribution in [0.3, 0.4) is 0 Å². The monoisotopic (exact) mass is 422 g/mol. The summed E-state index contributed by atoms with van der Waals surface area (Å²) in [5, 5.41) is 10.1. The number of hydrogen-bond donors (Lipinski definition) is 1. The van der Waals surface area contributed by atoms with Crippen LogP contribution in [0.25, 0.3) is 0 Å². The summed E-state index contributed by atoms with van der Waals surface area (Å²) in [6.45, 7) is 0. The Balaban J connectivity index is 1.39. The van der Waals surface area contributed by atoms with Gasteiger partial charge in [0.15, 0.2) is 0 Å². The second-order valence-electron chi connectivity index (χ2n) is 8.56. The van der Waals surface area contributed by atoms with Crippen molar-refractivity contribution in [3.05, 3.63) is 65.9 Å². The molecule has 0 radical (unpaired) electrons. The lowest BCUT2D eigenvalue weighted by Gasteiger charge is -2.40. The average Bonchev–Trinajstić information content (AvgIpc) is 3.30. The first kappa shape index (κ1) is 21.3. The van der Waals surface area contributed by atoms with Crippen LogP contribution < -0.4 is 9.47 Å². The summed E-state index contributed by atoms with van der Waals surface area (Å²) in [6, 6.07) is 15.6. The zero-order chi connectivity index (χ0) is 21.7. The molecule has 0 bridgehead atoms. The maximum absolute atomic E-state index is 12.1. The zero-order valence-electron chi connectivity index (χ0n) is 18.0. The predicted molar refractivity (Wildman–Crippen MR) is 119 cm³/mol. The SMILES string of the molecule is COc1ccc(Oc2cccc(CCCC3(C4CCCC4)CC(O)=CC(=O)O3)c2)cc1. The highest BCUT2D eigenvalue weighted by Crippen LogP contribution is 2.44. The highest BCUT2D eigenvalue weighted by molar-refractivity contribution is 5.83. The van der Waals surface area contributed by atoms with Gasteiger partial charge < -0.3 is 19.3 Å². The molecule has 1 N–H and O–H groups in total. The van der Waals surface area contributed by atoms with Crippen LogP contribution in [0.1, 0.15) is 50.5 Å². The molecule has 5 heteroatoms. The number of ether oxygens (including phenoxy) is 3. The number of aryl methyl sites for hydroxylation is 1. The molecule has 0 aromatic heterocycles. The van der Waals surface area contributed by atoms with Crippen molar-refractivity contribution < 1.29 is 24.1 Å². The van der Waals surface area contributed by atoms with Gasteiger partial charge in [-0.25, -0.2) is 4.79 Å². The molecule has 1 fully saturated rings. The van der Waals surface area contributed by atoms with E-state index >= 15 is 0 Å². The normalized spacial score (nSPS) is 21.5. The third-order valence-corrected chi connectivity index (χ3v) is 6.43. The largest absolute Gasteiger partial charge is 0.512 e. The molecule has 2 aromatic carbocycles. The molecule has 1 atom stereocenters. The molecule has 1 saturated carbocycles. The Bertz CT molecular complexity index is 927. The number of aliphatic hydroxyl groups is 1. The van der Waals surface area contributed by atoms with Crippen molar-refractivity contribution in [1.82, 2.24) is 0 Å². The number of benzene rings is 2. The van der Waals surface area contributed by atoms with Gasteiger partial charge >= 0.3 is 5.97 Å². The van der Waals surface area contributed by atoms with E-state index in [0.717, 1.165) is 49.4 Å². The molecule has 0 amide bonds. The quantitative estimate of drug-likeness (QED) is 0.519. The highest BCUT2D eigenvalue weighted by Gasteiger charge is 2.45. The minimum Gasteiger partial charge on any atom is -0.512 e. The van der Waals surface area contributed by atoms with Gasteiger partial charge in [0.25, 0.3) is 0 Å². The van der Waals surface area contributed by atoms with Gasteiger partial charge in [-0.2, -0.15) is 0 Å². The van der Waals surface area contributed by atoms with Crippen LogP contribution in [-0.2, 0) is 16.0 Å². The van der Waals surface area contributed by atoms with Gasteiger partial charge in [0.05, 0.1) is 13.2 Å². The molecule has 164 valence electrons. The molecule has 4 rings (SSSR count). The lowest BCUT2D eigenvalue weighted by atomic mass is 9.77. The smallest absolute Gasteiger partial charge is 0.334 e. The van der Waals surface area contributed by atoms with E-state index < -0.39 is 11.6 Å². The van der Waals surface area contributed by atoms with Crippen molar-refractivity contribution in [2.24, 2.45) is 5.92 Å². The van der Waals surface area contributed by atoms with Gasteiger partial charge in [-0.1, -0.05) is 25.0 Å². The van der Waals surface area contributed by atoms with Crippen LogP contribution in [0, 0.1) is 5.92 Å². The molecular weight excluding hydrogens is 392 g/mol. The molecule has 1 heterocycles. The molecule has 31 heavy (non-hydrogen) atoms. The van der Waals surface area contributed by atoms with Crippen LogP contribution in [0.2, 0.25) is 0 Å². The van der Waals surface area contributed by atoms with Gasteiger partial charge in [0, 0.05) is 6.42 Å². The van der Waals surface area contributed by atoms with Gasteiger partial charge in [0.1, 0.15) is 28.6 Å². The van der Waals surface area contributed by atoms with Gasteiger partial charge in [0.2, 0.25) is 0 Å². The molecule has 1 aliphatic heterocycles. The molecule has 0 spiro atoms. The molecular formula is C26H30O5. The average molecular weight is 423 g/mol. The van der Waals surface area contributed by atoms with Crippen molar-refractivity contribution in [2.45, 2.75) is 57.0 Å². The summed E-state index contributed by atoms with van der Waals surface area (Å²) in [7, 11) is 1.64. The van der Waals surface area contributed by atoms with Crippen LogP contribution >= 0.6 is 0 Å². The molecule has 2 aromatic rings. The van der Waals surface area contributed by atoms with Crippen molar-refractivity contribution in [3.8, 4) is 17.2 Å². The Morgan fingerprint density at radius 1 is 1.06 bits per heavy atom. The van der Waals surface area contributed by atoms with Crippen molar-refractivity contribution in [2.75, 3.05) is 7.11 Å². The summed E-state index contributed by atoms with van der Waals surface area (Å²) < 4.78 is 17.0. The Morgan fingerprint density at radius 2 is 1.81 bits per heavy atom. The van der Waals surface area contributed by atoms with Crippen LogP contribution in [-0.4, -0.2) is 23.8 Å². The van der Waals surface area contributed by atoms with E-state index in [9.17, 15) is 9.90 Å². The third-order valence-electron chi connectivity index (χ3n) is 6.43. The maximum Gasteiger partial charge on any atom is 0.334 e. The lowest BCUT2D eigenvalue weighted by Crippen LogP contribution is -2.44. The number of methoxy groups -OCH3 is 1. The summed E-state index contributed by atoms with van der Waals surface area (Å²) in [4.78, 5) is 12.1. The maximum atomic E-state index is 12.1. The summed E-state index contributed by atoms with van der Waals surface area (Å²) in [6.07, 6.45) is 8.59. The van der Waals surface area contributed by atoms with Crippen LogP contribution in [0.4, 0.5) is 0 Å². The Labute approximate surface area is 183 Å². The first-order valence-corrected chi connectivity index (χ1v) is 11.1. The van der Waals surface area contributed by atoms with E-state index in [2.05, 4.69) is 12.1 Å². The number of carbonyl (C=O) groups is 1. The summed E-state index contributed by atoms with van der Waals surface area (Å²) >= 11 is 0. The van der Waals surface area contributed by atoms with Gasteiger partial charge in [-0.05, 0) is 80.0 Å². The predicted octanol–water partition coefficient (Wildman–Crippen LogP) is 6.13. The van der Waals surface area contributed by atoms with Crippen molar-refractivity contribution in [3.63, 3.8) is 0 Å². The van der Waals surface area contributed by atoms with E-state index in [1.54, 1.807) is 7.11 Å². The van der Waals surface area contributed by atoms with Gasteiger partial charge in [-0.3, -0.25) is 0 Å². The van der Waals surface area contributed by atoms with E-state index in [4.69, 9.17) is 14.2 Å². The number of aliphatic hydroxyl groups excluding tert-OH is 1. The Kier molecular flexibility index (Phi) is 6.50. The highest BCUT2D eigenvalue weighted by atomic mass is 16.6. The number of hydrogen-bond acceptors (Lipinski definition) is 5. The fraction of sp³-hybridized carbons (Fsp3) is 0.423. The van der Waals surface area contributed by atoms with E-state index in [1.807, 2.05) is 36.4 Å². The molecule has 0 saturated heterocycles. The lowest BCUT2D eigenvalue weighted by molar-refractivity contribution is -0.165. The topological polar surface area (TPSA) is 65.0 Å². The Morgan fingerprint density at radius 3 is 2.52 bits per heavy atom. The second-order valence-corrected chi connectivity index (χ2v) is 8.56. The van der Waals surface area contributed by atoms with E-state index in [-0.39, 0.29) is 5.76 Å². The number of rotatable bonds is 8. The first-order chi connectivity index (χ1) is 15.1. The fourth-order valence-electron chi connectivity index (χ4n) is 4.92. The van der Waals surface area contributed by atoms with Crippen molar-refractivity contribution in [1.29, 1.82) is 0 Å². The molecule has 2 aliphatic rings. The Hall–Kier alpha value is -2.95. The molecule has 1 unspecified atom stereocenters. The zero-order valence-corrected chi connectivity index (χ0v) is 18.0. The van der Waals surface area contributed by atoms with Crippen LogP contribution in [0.5, 0.6) is 17.2 Å². The summed E-state index contributed by atoms with van der Waals surface area (Å²) in [5.41, 5.74) is 0.610.